The lowest BCUT2D eigenvalue weighted by molar-refractivity contribution is -0.111. The number of phenols is 1. The number of unbranched alkanes of at least 4 members (excludes halogenated alkanes) is 1. The van der Waals surface area contributed by atoms with Gasteiger partial charge in [-0.1, -0.05) is 34.1 Å². The largest absolute Gasteiger partial charge is 0.506 e. The van der Waals surface area contributed by atoms with Crippen molar-refractivity contribution in [3.05, 3.63) is 63.1 Å². The molecule has 2 aromatic carbocycles. The Morgan fingerprint density at radius 2 is 2.00 bits per heavy atom. The summed E-state index contributed by atoms with van der Waals surface area (Å²) in [5.41, 5.74) is 7.33. The smallest absolute Gasteiger partial charge is 0.248 e. The van der Waals surface area contributed by atoms with E-state index < -0.39 is 6.10 Å². The third-order valence-electron chi connectivity index (χ3n) is 3.75. The van der Waals surface area contributed by atoms with Crippen molar-refractivity contribution < 1.29 is 15.0 Å². The van der Waals surface area contributed by atoms with E-state index in [-0.39, 0.29) is 11.7 Å². The third kappa shape index (κ3) is 5.86. The van der Waals surface area contributed by atoms with E-state index in [4.69, 9.17) is 5.73 Å². The van der Waals surface area contributed by atoms with Crippen LogP contribution in [0.3, 0.4) is 0 Å². The van der Waals surface area contributed by atoms with Crippen molar-refractivity contribution >= 4 is 49.1 Å². The number of anilines is 2. The molecule has 0 aliphatic carbocycles. The number of aliphatic hydroxyl groups is 1. The maximum atomic E-state index is 11.9. The van der Waals surface area contributed by atoms with Crippen molar-refractivity contribution in [3.63, 3.8) is 0 Å². The number of nitrogens with two attached hydrogens (primary N) is 1. The van der Waals surface area contributed by atoms with E-state index in [2.05, 4.69) is 37.2 Å². The predicted molar refractivity (Wildman–Crippen MR) is 111 cm³/mol. The number of benzene rings is 2. The fraction of sp³-hybridized carbons (Fsp3) is 0.211. The van der Waals surface area contributed by atoms with E-state index in [9.17, 15) is 15.0 Å². The number of allylic oxidation sites excluding steroid dienone is 1. The molecule has 0 saturated heterocycles. The molecule has 1 amide bonds. The minimum atomic E-state index is -0.782. The normalized spacial score (nSPS) is 12.3. The van der Waals surface area contributed by atoms with Gasteiger partial charge in [0.1, 0.15) is 5.75 Å². The van der Waals surface area contributed by atoms with Gasteiger partial charge in [-0.2, -0.15) is 0 Å². The SMILES string of the molecule is Nc1ccccc1NC(=O)/C=C/CCC[C@H](O)c1cc(Br)cc(Br)c1O. The van der Waals surface area contributed by atoms with Crippen LogP contribution in [0.15, 0.2) is 57.5 Å². The summed E-state index contributed by atoms with van der Waals surface area (Å²) in [7, 11) is 0. The first-order valence-corrected chi connectivity index (χ1v) is 9.65. The molecule has 0 bridgehead atoms. The van der Waals surface area contributed by atoms with Crippen LogP contribution >= 0.6 is 31.9 Å². The summed E-state index contributed by atoms with van der Waals surface area (Å²) < 4.78 is 1.30. The lowest BCUT2D eigenvalue weighted by atomic mass is 10.0. The lowest BCUT2D eigenvalue weighted by Crippen LogP contribution is -2.09. The maximum absolute atomic E-state index is 11.9. The molecule has 0 spiro atoms. The zero-order valence-corrected chi connectivity index (χ0v) is 17.1. The van der Waals surface area contributed by atoms with Crippen LogP contribution in [0.25, 0.3) is 0 Å². The van der Waals surface area contributed by atoms with Gasteiger partial charge in [0.05, 0.1) is 22.0 Å². The Balaban J connectivity index is 1.80. The molecule has 2 rings (SSSR count). The van der Waals surface area contributed by atoms with E-state index in [1.165, 1.54) is 6.08 Å². The number of aliphatic hydroxyl groups excluding tert-OH is 1. The molecule has 0 radical (unpaired) electrons. The van der Waals surface area contributed by atoms with Gasteiger partial charge in [-0.25, -0.2) is 0 Å². The first-order chi connectivity index (χ1) is 12.4. The van der Waals surface area contributed by atoms with Crippen LogP contribution in [-0.4, -0.2) is 16.1 Å². The second-order valence-corrected chi connectivity index (χ2v) is 7.52. The second-order valence-electron chi connectivity index (χ2n) is 5.75. The molecule has 2 aromatic rings. The molecule has 26 heavy (non-hydrogen) atoms. The fourth-order valence-electron chi connectivity index (χ4n) is 2.40. The summed E-state index contributed by atoms with van der Waals surface area (Å²) in [5.74, 6) is -0.215. The van der Waals surface area contributed by atoms with Gasteiger partial charge in [0.25, 0.3) is 0 Å². The second kappa shape index (κ2) is 9.75. The lowest BCUT2D eigenvalue weighted by Gasteiger charge is -2.13. The molecule has 5 nitrogen and oxygen atoms in total. The molecular formula is C19H20Br2N2O3. The number of hydrogen-bond acceptors (Lipinski definition) is 4. The van der Waals surface area contributed by atoms with Gasteiger partial charge < -0.3 is 21.3 Å². The summed E-state index contributed by atoms with van der Waals surface area (Å²) >= 11 is 6.59. The molecule has 0 heterocycles. The van der Waals surface area contributed by atoms with Crippen molar-refractivity contribution in [3.8, 4) is 5.75 Å². The highest BCUT2D eigenvalue weighted by molar-refractivity contribution is 9.11. The first kappa shape index (κ1) is 20.5. The number of nitrogens with one attached hydrogen (secondary N) is 1. The van der Waals surface area contributed by atoms with Crippen molar-refractivity contribution in [2.75, 3.05) is 11.1 Å². The molecule has 7 heteroatoms. The number of halogens is 2. The number of hydrogen-bond donors (Lipinski definition) is 4. The van der Waals surface area contributed by atoms with E-state index >= 15 is 0 Å². The Morgan fingerprint density at radius 1 is 1.27 bits per heavy atom. The molecule has 0 saturated carbocycles. The Hall–Kier alpha value is -1.83. The molecule has 0 aliphatic heterocycles. The van der Waals surface area contributed by atoms with Crippen LogP contribution in [0.4, 0.5) is 11.4 Å². The number of amides is 1. The van der Waals surface area contributed by atoms with Gasteiger partial charge in [-0.3, -0.25) is 4.79 Å². The van der Waals surface area contributed by atoms with Crippen molar-refractivity contribution in [2.45, 2.75) is 25.4 Å². The van der Waals surface area contributed by atoms with Gasteiger partial charge in [-0.05, 0) is 65.5 Å². The summed E-state index contributed by atoms with van der Waals surface area (Å²) in [4.78, 5) is 11.9. The molecule has 5 N–H and O–H groups in total. The molecule has 0 fully saturated rings. The monoisotopic (exact) mass is 482 g/mol. The van der Waals surface area contributed by atoms with Crippen LogP contribution in [0.1, 0.15) is 30.9 Å². The number of para-hydroxylation sites is 2. The van der Waals surface area contributed by atoms with Crippen LogP contribution < -0.4 is 11.1 Å². The van der Waals surface area contributed by atoms with Gasteiger partial charge in [-0.15, -0.1) is 0 Å². The van der Waals surface area contributed by atoms with Crippen LogP contribution in [0.2, 0.25) is 0 Å². The van der Waals surface area contributed by atoms with Crippen molar-refractivity contribution in [1.82, 2.24) is 0 Å². The molecule has 0 aliphatic rings. The first-order valence-electron chi connectivity index (χ1n) is 8.06. The number of rotatable bonds is 7. The summed E-state index contributed by atoms with van der Waals surface area (Å²) in [6.07, 6.45) is 4.18. The van der Waals surface area contributed by atoms with Gasteiger partial charge in [0, 0.05) is 10.0 Å². The van der Waals surface area contributed by atoms with Crippen molar-refractivity contribution in [1.29, 1.82) is 0 Å². The Kier molecular flexibility index (Phi) is 7.68. The maximum Gasteiger partial charge on any atom is 0.248 e. The van der Waals surface area contributed by atoms with E-state index in [1.807, 2.05) is 0 Å². The minimum Gasteiger partial charge on any atom is -0.506 e. The average molecular weight is 484 g/mol. The summed E-state index contributed by atoms with van der Waals surface area (Å²) in [6, 6.07) is 10.5. The number of carbonyl (C=O) groups excluding carboxylic acids is 1. The molecule has 1 atom stereocenters. The van der Waals surface area contributed by atoms with E-state index in [0.29, 0.717) is 40.7 Å². The van der Waals surface area contributed by atoms with Crippen LogP contribution in [0, 0.1) is 0 Å². The standard InChI is InChI=1S/C19H20Br2N2O3/c20-12-10-13(19(26)14(21)11-12)17(24)8-2-1-3-9-18(25)23-16-7-5-4-6-15(16)22/h3-7,9-11,17,24,26H,1-2,8,22H2,(H,23,25)/b9-3+/t17-/m0/s1. The quantitative estimate of drug-likeness (QED) is 0.256. The molecule has 0 unspecified atom stereocenters. The number of nitrogen functional groups attached to an aromatic ring is 1. The Bertz CT molecular complexity index is 809. The van der Waals surface area contributed by atoms with Crippen molar-refractivity contribution in [2.24, 2.45) is 0 Å². The zero-order valence-electron chi connectivity index (χ0n) is 14.0. The molecular weight excluding hydrogens is 464 g/mol. The number of carbonyl (C=O) groups is 1. The minimum absolute atomic E-state index is 0.0380. The van der Waals surface area contributed by atoms with Gasteiger partial charge in [0.2, 0.25) is 5.91 Å². The fourth-order valence-corrected chi connectivity index (χ4v) is 3.66. The van der Waals surface area contributed by atoms with Gasteiger partial charge >= 0.3 is 0 Å². The van der Waals surface area contributed by atoms with Crippen LogP contribution in [0.5, 0.6) is 5.75 Å². The summed E-state index contributed by atoms with van der Waals surface area (Å²) in [5, 5.41) is 23.0. The predicted octanol–water partition coefficient (Wildman–Crippen LogP) is 4.90. The zero-order chi connectivity index (χ0) is 19.1. The Morgan fingerprint density at radius 3 is 2.73 bits per heavy atom. The number of aromatic hydroxyl groups is 1. The van der Waals surface area contributed by atoms with Crippen LogP contribution in [-0.2, 0) is 4.79 Å². The van der Waals surface area contributed by atoms with E-state index in [1.54, 1.807) is 42.5 Å². The summed E-state index contributed by atoms with van der Waals surface area (Å²) in [6.45, 7) is 0. The highest BCUT2D eigenvalue weighted by Crippen LogP contribution is 2.36. The Labute approximate surface area is 169 Å². The highest BCUT2D eigenvalue weighted by Gasteiger charge is 2.15. The number of phenolic OH excluding ortho intramolecular Hbond substituents is 1. The van der Waals surface area contributed by atoms with E-state index in [0.717, 1.165) is 4.47 Å². The highest BCUT2D eigenvalue weighted by atomic mass is 79.9. The molecule has 138 valence electrons. The third-order valence-corrected chi connectivity index (χ3v) is 4.82. The topological polar surface area (TPSA) is 95.6 Å². The van der Waals surface area contributed by atoms with Gasteiger partial charge in [0.15, 0.2) is 0 Å². The average Bonchev–Trinajstić information content (AvgIpc) is 2.59. The molecule has 0 aromatic heterocycles.